The summed E-state index contributed by atoms with van der Waals surface area (Å²) < 4.78 is 0. The number of nitrogens with one attached hydrogen (secondary N) is 1. The summed E-state index contributed by atoms with van der Waals surface area (Å²) in [6.07, 6.45) is 5.42. The first-order valence-corrected chi connectivity index (χ1v) is 5.19. The maximum atomic E-state index is 9.12. The first-order valence-electron chi connectivity index (χ1n) is 5.19. The molecule has 0 aromatic heterocycles. The topological polar surface area (TPSA) is 32.3 Å². The first-order chi connectivity index (χ1) is 5.77. The predicted octanol–water partition coefficient (Wildman–Crippen LogP) is 1.15. The Hall–Kier alpha value is -0.0800. The molecule has 2 N–H and O–H groups in total. The molecule has 2 nitrogen and oxygen atoms in total. The second-order valence-electron chi connectivity index (χ2n) is 4.45. The van der Waals surface area contributed by atoms with Crippen molar-refractivity contribution in [3.8, 4) is 0 Å². The van der Waals surface area contributed by atoms with Gasteiger partial charge in [0.25, 0.3) is 0 Å². The van der Waals surface area contributed by atoms with Crippen LogP contribution in [0.15, 0.2) is 0 Å². The molecule has 12 heavy (non-hydrogen) atoms. The van der Waals surface area contributed by atoms with E-state index in [4.69, 9.17) is 5.11 Å². The van der Waals surface area contributed by atoms with Crippen LogP contribution in [0.3, 0.4) is 0 Å². The Balaban J connectivity index is 1.73. The van der Waals surface area contributed by atoms with E-state index in [1.54, 1.807) is 0 Å². The molecule has 0 bridgehead atoms. The van der Waals surface area contributed by atoms with Gasteiger partial charge >= 0.3 is 0 Å². The van der Waals surface area contributed by atoms with Crippen LogP contribution in [0.2, 0.25) is 0 Å². The van der Waals surface area contributed by atoms with Gasteiger partial charge < -0.3 is 10.4 Å². The van der Waals surface area contributed by atoms with Crippen LogP contribution in [0.25, 0.3) is 0 Å². The second kappa shape index (κ2) is 3.35. The maximum Gasteiger partial charge on any atom is 0.0636 e. The van der Waals surface area contributed by atoms with E-state index in [-0.39, 0.29) is 6.10 Å². The molecule has 2 aliphatic rings. The maximum absolute atomic E-state index is 9.12. The fourth-order valence-electron chi connectivity index (χ4n) is 2.49. The van der Waals surface area contributed by atoms with Crippen LogP contribution in [0.1, 0.15) is 32.6 Å². The van der Waals surface area contributed by atoms with Crippen molar-refractivity contribution in [2.45, 2.75) is 44.8 Å². The lowest BCUT2D eigenvalue weighted by Crippen LogP contribution is -2.37. The Morgan fingerprint density at radius 3 is 3.08 bits per heavy atom. The average Bonchev–Trinajstić information content (AvgIpc) is 2.78. The molecule has 0 heterocycles. The molecule has 0 aromatic carbocycles. The van der Waals surface area contributed by atoms with E-state index in [1.807, 2.05) is 6.92 Å². The molecule has 4 atom stereocenters. The van der Waals surface area contributed by atoms with Gasteiger partial charge in [-0.15, -0.1) is 0 Å². The third-order valence-electron chi connectivity index (χ3n) is 3.26. The molecule has 0 aliphatic heterocycles. The molecule has 0 amide bonds. The van der Waals surface area contributed by atoms with Gasteiger partial charge in [0.15, 0.2) is 0 Å². The highest BCUT2D eigenvalue weighted by atomic mass is 16.3. The SMILES string of the molecule is C[C@H](O)CNC1CCC[C@@H]2C[C@H]12. The van der Waals surface area contributed by atoms with Crippen molar-refractivity contribution >= 4 is 0 Å². The van der Waals surface area contributed by atoms with Crippen LogP contribution in [0.4, 0.5) is 0 Å². The van der Waals surface area contributed by atoms with E-state index in [9.17, 15) is 0 Å². The van der Waals surface area contributed by atoms with E-state index in [0.29, 0.717) is 0 Å². The van der Waals surface area contributed by atoms with Gasteiger partial charge in [0, 0.05) is 12.6 Å². The Kier molecular flexibility index (Phi) is 2.37. The third kappa shape index (κ3) is 1.80. The summed E-state index contributed by atoms with van der Waals surface area (Å²) in [5.41, 5.74) is 0. The van der Waals surface area contributed by atoms with E-state index >= 15 is 0 Å². The van der Waals surface area contributed by atoms with Gasteiger partial charge in [0.1, 0.15) is 0 Å². The molecule has 70 valence electrons. The molecule has 0 spiro atoms. The zero-order chi connectivity index (χ0) is 8.55. The Bertz CT molecular complexity index is 158. The number of hydrogen-bond donors (Lipinski definition) is 2. The summed E-state index contributed by atoms with van der Waals surface area (Å²) in [5, 5.41) is 12.6. The largest absolute Gasteiger partial charge is 0.392 e. The molecule has 0 saturated heterocycles. The minimum Gasteiger partial charge on any atom is -0.392 e. The summed E-state index contributed by atoms with van der Waals surface area (Å²) in [6.45, 7) is 2.62. The van der Waals surface area contributed by atoms with Gasteiger partial charge in [-0.25, -0.2) is 0 Å². The molecular formula is C10H19NO. The summed E-state index contributed by atoms with van der Waals surface area (Å²) in [5.74, 6) is 1.99. The van der Waals surface area contributed by atoms with Crippen LogP contribution < -0.4 is 5.32 Å². The number of rotatable bonds is 3. The number of aliphatic hydroxyl groups excluding tert-OH is 1. The van der Waals surface area contributed by atoms with Gasteiger partial charge in [-0.05, 0) is 31.6 Å². The van der Waals surface area contributed by atoms with E-state index < -0.39 is 0 Å². The van der Waals surface area contributed by atoms with E-state index in [0.717, 1.165) is 24.4 Å². The van der Waals surface area contributed by atoms with Crippen molar-refractivity contribution in [1.29, 1.82) is 0 Å². The van der Waals surface area contributed by atoms with Crippen LogP contribution in [0, 0.1) is 11.8 Å². The normalized spacial score (nSPS) is 42.0. The average molecular weight is 169 g/mol. The van der Waals surface area contributed by atoms with Gasteiger partial charge in [0.2, 0.25) is 0 Å². The Morgan fingerprint density at radius 1 is 1.50 bits per heavy atom. The molecule has 1 unspecified atom stereocenters. The summed E-state index contributed by atoms with van der Waals surface area (Å²) in [4.78, 5) is 0. The summed E-state index contributed by atoms with van der Waals surface area (Å²) in [6, 6.07) is 0.721. The molecular weight excluding hydrogens is 150 g/mol. The quantitative estimate of drug-likeness (QED) is 0.664. The predicted molar refractivity (Wildman–Crippen MR) is 48.9 cm³/mol. The van der Waals surface area contributed by atoms with E-state index in [2.05, 4.69) is 5.32 Å². The summed E-state index contributed by atoms with van der Waals surface area (Å²) >= 11 is 0. The van der Waals surface area contributed by atoms with Gasteiger partial charge in [0.05, 0.1) is 6.10 Å². The number of aliphatic hydroxyl groups is 1. The minimum absolute atomic E-state index is 0.191. The van der Waals surface area contributed by atoms with Gasteiger partial charge in [-0.1, -0.05) is 12.8 Å². The third-order valence-corrected chi connectivity index (χ3v) is 3.26. The lowest BCUT2D eigenvalue weighted by Gasteiger charge is -2.23. The van der Waals surface area contributed by atoms with Gasteiger partial charge in [-0.2, -0.15) is 0 Å². The fourth-order valence-corrected chi connectivity index (χ4v) is 2.49. The van der Waals surface area contributed by atoms with Crippen molar-refractivity contribution in [3.63, 3.8) is 0 Å². The molecule has 2 fully saturated rings. The van der Waals surface area contributed by atoms with Crippen LogP contribution >= 0.6 is 0 Å². The fraction of sp³-hybridized carbons (Fsp3) is 1.00. The highest BCUT2D eigenvalue weighted by Gasteiger charge is 2.44. The van der Waals surface area contributed by atoms with Crippen molar-refractivity contribution < 1.29 is 5.11 Å². The van der Waals surface area contributed by atoms with Crippen LogP contribution in [-0.4, -0.2) is 23.8 Å². The molecule has 2 heteroatoms. The minimum atomic E-state index is -0.191. The molecule has 2 saturated carbocycles. The zero-order valence-corrected chi connectivity index (χ0v) is 7.79. The standard InChI is InChI=1S/C10H19NO/c1-7(12)6-11-10-4-2-3-8-5-9(8)10/h7-12H,2-6H2,1H3/t7-,8+,9-,10?/m0/s1. The monoisotopic (exact) mass is 169 g/mol. The smallest absolute Gasteiger partial charge is 0.0636 e. The van der Waals surface area contributed by atoms with Crippen molar-refractivity contribution in [1.82, 2.24) is 5.32 Å². The zero-order valence-electron chi connectivity index (χ0n) is 7.79. The number of fused-ring (bicyclic) bond motifs is 1. The van der Waals surface area contributed by atoms with Crippen molar-refractivity contribution in [2.75, 3.05) is 6.54 Å². The summed E-state index contributed by atoms with van der Waals surface area (Å²) in [7, 11) is 0. The lowest BCUT2D eigenvalue weighted by atomic mass is 9.95. The second-order valence-corrected chi connectivity index (χ2v) is 4.45. The van der Waals surface area contributed by atoms with Gasteiger partial charge in [-0.3, -0.25) is 0 Å². The van der Waals surface area contributed by atoms with Crippen molar-refractivity contribution in [2.24, 2.45) is 11.8 Å². The molecule has 0 radical (unpaired) electrons. The molecule has 0 aromatic rings. The molecule has 2 rings (SSSR count). The lowest BCUT2D eigenvalue weighted by molar-refractivity contribution is 0.179. The van der Waals surface area contributed by atoms with E-state index in [1.165, 1.54) is 25.7 Å². The first kappa shape index (κ1) is 8.52. The molecule has 2 aliphatic carbocycles. The van der Waals surface area contributed by atoms with Crippen LogP contribution in [-0.2, 0) is 0 Å². The van der Waals surface area contributed by atoms with Crippen molar-refractivity contribution in [3.05, 3.63) is 0 Å². The Morgan fingerprint density at radius 2 is 2.33 bits per heavy atom. The van der Waals surface area contributed by atoms with Crippen LogP contribution in [0.5, 0.6) is 0 Å². The number of hydrogen-bond acceptors (Lipinski definition) is 2. The Labute approximate surface area is 74.4 Å². The highest BCUT2D eigenvalue weighted by Crippen LogP contribution is 2.49. The highest BCUT2D eigenvalue weighted by molar-refractivity contribution is 4.98.